The fraction of sp³-hybridized carbons (Fsp3) is 0.478. The maximum Gasteiger partial charge on any atom is 0.462 e. The number of hydrogen-bond acceptors (Lipinski definition) is 6. The highest BCUT2D eigenvalue weighted by molar-refractivity contribution is 7.63. The quantitative estimate of drug-likeness (QED) is 0.120. The zero-order valence-electron chi connectivity index (χ0n) is 51.8. The van der Waals surface area contributed by atoms with E-state index in [1.165, 1.54) is 5.56 Å². The molecule has 0 heterocycles. The van der Waals surface area contributed by atoms with E-state index in [0.29, 0.717) is 33.6 Å². The summed E-state index contributed by atoms with van der Waals surface area (Å²) in [5.74, 6) is 2.08. The normalized spacial score (nSPS) is 14.2. The van der Waals surface area contributed by atoms with Crippen LogP contribution in [-0.4, -0.2) is 0 Å². The van der Waals surface area contributed by atoms with Crippen LogP contribution in [0.1, 0.15) is 216 Å². The zero-order valence-corrected chi connectivity index (χ0v) is 53.6. The summed E-state index contributed by atoms with van der Waals surface area (Å²) in [5.41, 5.74) is 9.43. The van der Waals surface area contributed by atoms with Gasteiger partial charge >= 0.3 is 15.2 Å². The fourth-order valence-corrected chi connectivity index (χ4v) is 12.8. The van der Waals surface area contributed by atoms with Gasteiger partial charge in [0, 0.05) is 22.3 Å². The van der Waals surface area contributed by atoms with Gasteiger partial charge in [0.15, 0.2) is 0 Å². The van der Waals surface area contributed by atoms with Gasteiger partial charge in [-0.25, -0.2) is 9.13 Å². The Labute approximate surface area is 466 Å². The second kappa shape index (κ2) is 20.9. The van der Waals surface area contributed by atoms with Gasteiger partial charge in [0.05, 0.1) is 10.6 Å². The van der Waals surface area contributed by atoms with Crippen molar-refractivity contribution in [3.05, 3.63) is 165 Å². The number of benzene rings is 6. The van der Waals surface area contributed by atoms with Crippen LogP contribution in [0.3, 0.4) is 0 Å². The smallest absolute Gasteiger partial charge is 0.412 e. The van der Waals surface area contributed by atoms with Gasteiger partial charge in [-0.1, -0.05) is 233 Å². The number of aryl methyl sites for hydroxylation is 1. The molecule has 6 rings (SSSR count). The van der Waals surface area contributed by atoms with Gasteiger partial charge in [0.25, 0.3) is 0 Å². The van der Waals surface area contributed by atoms with Gasteiger partial charge in [-0.05, 0) is 138 Å². The SMILES string of the molecule is Cc1cc(OP(=O)(Oc2ccc(C(C)(C)C)cc2C(C)(C)C)c2ccc(-c3ccc(P(=O)(Oc4ccc(C(C)(C)C)cc4C(C)(C)C)Oc4ccc(C(C)(C)C)cc4C(C)(C)C)cc3)cc2)c(C(C)(C)C)cc1C(C)(C)C. The van der Waals surface area contributed by atoms with Crippen molar-refractivity contribution in [2.24, 2.45) is 0 Å². The van der Waals surface area contributed by atoms with Crippen LogP contribution >= 0.6 is 15.2 Å². The van der Waals surface area contributed by atoms with E-state index in [4.69, 9.17) is 18.1 Å². The fourth-order valence-electron chi connectivity index (χ4n) is 9.58. The number of hydrogen-bond donors (Lipinski definition) is 0. The van der Waals surface area contributed by atoms with Crippen molar-refractivity contribution in [1.29, 1.82) is 0 Å². The maximum absolute atomic E-state index is 16.1. The predicted octanol–water partition coefficient (Wildman–Crippen LogP) is 20.0. The molecule has 416 valence electrons. The highest BCUT2D eigenvalue weighted by atomic mass is 31.2. The second-order valence-electron chi connectivity index (χ2n) is 29.7. The Balaban J connectivity index is 1.49. The topological polar surface area (TPSA) is 71.1 Å². The molecule has 8 heteroatoms. The first-order chi connectivity index (χ1) is 34.8. The Morgan fingerprint density at radius 3 is 0.766 bits per heavy atom. The van der Waals surface area contributed by atoms with Gasteiger partial charge in [0.1, 0.15) is 23.0 Å². The minimum absolute atomic E-state index is 0.110. The first-order valence-corrected chi connectivity index (χ1v) is 30.7. The van der Waals surface area contributed by atoms with Crippen molar-refractivity contribution >= 4 is 25.8 Å². The van der Waals surface area contributed by atoms with E-state index in [2.05, 4.69) is 216 Å². The molecule has 0 N–H and O–H groups in total. The monoisotopic (exact) mass is 1080 g/mol. The molecule has 0 aliphatic heterocycles. The van der Waals surface area contributed by atoms with Crippen molar-refractivity contribution in [1.82, 2.24) is 0 Å². The second-order valence-corrected chi connectivity index (χ2v) is 33.5. The van der Waals surface area contributed by atoms with Gasteiger partial charge in [-0.3, -0.25) is 0 Å². The Bertz CT molecular complexity index is 3110. The molecule has 6 aromatic rings. The molecule has 0 aromatic heterocycles. The van der Waals surface area contributed by atoms with E-state index in [9.17, 15) is 0 Å². The van der Waals surface area contributed by atoms with Crippen LogP contribution in [-0.2, 0) is 52.5 Å². The van der Waals surface area contributed by atoms with Crippen LogP contribution in [0.25, 0.3) is 11.1 Å². The lowest BCUT2D eigenvalue weighted by Crippen LogP contribution is -2.22. The molecule has 0 amide bonds. The van der Waals surface area contributed by atoms with Gasteiger partial charge < -0.3 is 18.1 Å². The largest absolute Gasteiger partial charge is 0.462 e. The summed E-state index contributed by atoms with van der Waals surface area (Å²) in [4.78, 5) is 0. The third-order valence-electron chi connectivity index (χ3n) is 14.5. The average Bonchev–Trinajstić information content (AvgIpc) is 3.26. The third kappa shape index (κ3) is 14.2. The molecule has 6 nitrogen and oxygen atoms in total. The van der Waals surface area contributed by atoms with E-state index in [1.807, 2.05) is 72.8 Å². The highest BCUT2D eigenvalue weighted by Gasteiger charge is 2.39. The van der Waals surface area contributed by atoms with Gasteiger partial charge in [-0.15, -0.1) is 0 Å². The minimum atomic E-state index is -4.18. The van der Waals surface area contributed by atoms with E-state index in [1.54, 1.807) is 0 Å². The van der Waals surface area contributed by atoms with Crippen LogP contribution in [0.2, 0.25) is 0 Å². The van der Waals surface area contributed by atoms with Crippen LogP contribution in [0.15, 0.2) is 115 Å². The molecule has 1 unspecified atom stereocenters. The predicted molar refractivity (Wildman–Crippen MR) is 329 cm³/mol. The Morgan fingerprint density at radius 1 is 0.273 bits per heavy atom. The molecule has 0 radical (unpaired) electrons. The summed E-state index contributed by atoms with van der Waals surface area (Å²) in [6.45, 7) is 54.3. The molecule has 6 aromatic carbocycles. The van der Waals surface area contributed by atoms with E-state index in [0.717, 1.165) is 55.6 Å². The van der Waals surface area contributed by atoms with E-state index in [-0.39, 0.29) is 43.3 Å². The standard InChI is InChI=1S/C69H94O6P2/c1-45-40-61(57(69(23,24)25)44-53(45)65(11,12)13)75-77(71,74-60-39-32-50(64(8,9)10)43-56(60)68(20,21)22)52-35-28-47(29-36-52)46-26-33-51(34-27-46)76(70,72-58-37-30-48(62(2,3)4)41-54(58)66(14,15)16)73-59-38-31-49(63(5,6)7)42-55(59)67(17,18)19/h26-44H,1-25H3. The van der Waals surface area contributed by atoms with Gasteiger partial charge in [-0.2, -0.15) is 0 Å². The molecular weight excluding hydrogens is 987 g/mol. The molecule has 0 saturated carbocycles. The summed E-state index contributed by atoms with van der Waals surface area (Å²) >= 11 is 0. The Kier molecular flexibility index (Phi) is 16.6. The first-order valence-electron chi connectivity index (χ1n) is 27.6. The highest BCUT2D eigenvalue weighted by Crippen LogP contribution is 2.55. The molecule has 0 bridgehead atoms. The Morgan fingerprint density at radius 2 is 0.519 bits per heavy atom. The van der Waals surface area contributed by atoms with Crippen LogP contribution in [0.4, 0.5) is 0 Å². The molecular formula is C69H94O6P2. The summed E-state index contributed by atoms with van der Waals surface area (Å²) in [7, 11) is -8.34. The molecule has 1 atom stereocenters. The van der Waals surface area contributed by atoms with Crippen molar-refractivity contribution in [2.45, 2.75) is 216 Å². The lowest BCUT2D eigenvalue weighted by molar-refractivity contribution is 0.385. The molecule has 0 spiro atoms. The Hall–Kier alpha value is -5.02. The van der Waals surface area contributed by atoms with Crippen LogP contribution < -0.4 is 28.7 Å². The van der Waals surface area contributed by atoms with Crippen molar-refractivity contribution in [3.8, 4) is 34.1 Å². The van der Waals surface area contributed by atoms with Gasteiger partial charge in [0.2, 0.25) is 0 Å². The minimum Gasteiger partial charge on any atom is -0.412 e. The molecule has 0 aliphatic rings. The lowest BCUT2D eigenvalue weighted by atomic mass is 9.78. The van der Waals surface area contributed by atoms with Crippen molar-refractivity contribution < 1.29 is 27.2 Å². The van der Waals surface area contributed by atoms with E-state index >= 15 is 9.13 Å². The number of rotatable bonds is 11. The maximum atomic E-state index is 16.1. The molecule has 0 fully saturated rings. The molecule has 77 heavy (non-hydrogen) atoms. The van der Waals surface area contributed by atoms with E-state index < -0.39 is 15.2 Å². The van der Waals surface area contributed by atoms with Crippen molar-refractivity contribution in [3.63, 3.8) is 0 Å². The van der Waals surface area contributed by atoms with Crippen molar-refractivity contribution in [2.75, 3.05) is 0 Å². The molecule has 0 aliphatic carbocycles. The summed E-state index contributed by atoms with van der Waals surface area (Å²) < 4.78 is 59.7. The van der Waals surface area contributed by atoms with Crippen LogP contribution in [0, 0.1) is 6.92 Å². The molecule has 0 saturated heterocycles. The van der Waals surface area contributed by atoms with Crippen LogP contribution in [0.5, 0.6) is 23.0 Å². The zero-order chi connectivity index (χ0) is 58.1. The first kappa shape index (κ1) is 61.2. The lowest BCUT2D eigenvalue weighted by Gasteiger charge is -2.31. The third-order valence-corrected chi connectivity index (χ3v) is 18.1. The average molecular weight is 1080 g/mol. The summed E-state index contributed by atoms with van der Waals surface area (Å²) in [6, 6.07) is 38.0. The summed E-state index contributed by atoms with van der Waals surface area (Å²) in [5, 5.41) is 0.832. The summed E-state index contributed by atoms with van der Waals surface area (Å²) in [6.07, 6.45) is 0.